The molecule has 3 rings (SSSR count). The van der Waals surface area contributed by atoms with Gasteiger partial charge in [0.15, 0.2) is 0 Å². The number of aliphatic hydroxyl groups excluding tert-OH is 1. The van der Waals surface area contributed by atoms with Gasteiger partial charge in [-0.2, -0.15) is 0 Å². The van der Waals surface area contributed by atoms with E-state index in [-0.39, 0.29) is 30.3 Å². The van der Waals surface area contributed by atoms with Crippen LogP contribution in [0.4, 0.5) is 4.39 Å². The zero-order chi connectivity index (χ0) is 18.8. The Morgan fingerprint density at radius 2 is 2.12 bits per heavy atom. The summed E-state index contributed by atoms with van der Waals surface area (Å²) in [7, 11) is 1.91. The monoisotopic (exact) mass is 359 g/mol. The molecule has 2 N–H and O–H groups in total. The van der Waals surface area contributed by atoms with E-state index >= 15 is 0 Å². The first-order valence-corrected chi connectivity index (χ1v) is 9.09. The molecular weight excluding hydrogens is 333 g/mol. The standard InChI is InChI=1S/C20H26FN3O2/c1-4-24(5-2)20(26)13-9-16(18(12-25)23(3)11-13)14-7-6-8-15-17(21)10-22-19(14)15/h6-10,13,18,22,25H,4-5,11-12H2,1-3H3/t13?,18-/m0/s1. The highest BCUT2D eigenvalue weighted by Gasteiger charge is 2.33. The summed E-state index contributed by atoms with van der Waals surface area (Å²) < 4.78 is 14.0. The Labute approximate surface area is 153 Å². The van der Waals surface area contributed by atoms with Crippen molar-refractivity contribution in [2.45, 2.75) is 19.9 Å². The SMILES string of the molecule is CCN(CC)C(=O)C1C=C(c2cccc3c(F)c[nH]c23)[C@H](CO)N(C)C1. The number of halogens is 1. The highest BCUT2D eigenvalue weighted by atomic mass is 19.1. The van der Waals surface area contributed by atoms with Gasteiger partial charge >= 0.3 is 0 Å². The maximum absolute atomic E-state index is 14.0. The fraction of sp³-hybridized carbons (Fsp3) is 0.450. The van der Waals surface area contributed by atoms with Crippen molar-refractivity contribution in [2.24, 2.45) is 5.92 Å². The lowest BCUT2D eigenvalue weighted by atomic mass is 9.87. The van der Waals surface area contributed by atoms with Gasteiger partial charge in [-0.25, -0.2) is 4.39 Å². The third-order valence-corrected chi connectivity index (χ3v) is 5.30. The smallest absolute Gasteiger partial charge is 0.230 e. The summed E-state index contributed by atoms with van der Waals surface area (Å²) in [6.45, 7) is 5.77. The van der Waals surface area contributed by atoms with E-state index in [0.717, 1.165) is 11.1 Å². The Morgan fingerprint density at radius 1 is 1.38 bits per heavy atom. The van der Waals surface area contributed by atoms with Gasteiger partial charge in [0.1, 0.15) is 5.82 Å². The van der Waals surface area contributed by atoms with Crippen LogP contribution in [0.25, 0.3) is 16.5 Å². The number of carbonyl (C=O) groups is 1. The van der Waals surface area contributed by atoms with Crippen LogP contribution in [0.3, 0.4) is 0 Å². The molecule has 1 amide bonds. The van der Waals surface area contributed by atoms with E-state index in [9.17, 15) is 14.3 Å². The van der Waals surface area contributed by atoms with Gasteiger partial charge in [0, 0.05) is 36.8 Å². The zero-order valence-electron chi connectivity index (χ0n) is 15.5. The zero-order valence-corrected chi connectivity index (χ0v) is 15.5. The predicted octanol–water partition coefficient (Wildman–Crippen LogP) is 2.48. The summed E-state index contributed by atoms with van der Waals surface area (Å²) in [6, 6.07) is 5.21. The van der Waals surface area contributed by atoms with Gasteiger partial charge in [-0.1, -0.05) is 18.2 Å². The van der Waals surface area contributed by atoms with Crippen molar-refractivity contribution in [2.75, 3.05) is 33.3 Å². The van der Waals surface area contributed by atoms with E-state index in [1.54, 1.807) is 12.1 Å². The number of likely N-dealkylation sites (N-methyl/N-ethyl adjacent to an activating group) is 1. The molecule has 26 heavy (non-hydrogen) atoms. The molecule has 0 bridgehead atoms. The number of aromatic amines is 1. The Kier molecular flexibility index (Phi) is 5.44. The van der Waals surface area contributed by atoms with Crippen LogP contribution in [0.5, 0.6) is 0 Å². The number of nitrogens with one attached hydrogen (secondary N) is 1. The molecule has 0 fully saturated rings. The van der Waals surface area contributed by atoms with Crippen molar-refractivity contribution in [1.29, 1.82) is 0 Å². The first kappa shape index (κ1) is 18.6. The topological polar surface area (TPSA) is 59.6 Å². The summed E-state index contributed by atoms with van der Waals surface area (Å²) in [5.74, 6) is -0.503. The fourth-order valence-electron chi connectivity index (χ4n) is 3.84. The molecule has 2 heterocycles. The molecule has 0 radical (unpaired) electrons. The van der Waals surface area contributed by atoms with Crippen LogP contribution < -0.4 is 0 Å². The number of hydrogen-bond donors (Lipinski definition) is 2. The molecule has 140 valence electrons. The second-order valence-corrected chi connectivity index (χ2v) is 6.74. The Morgan fingerprint density at radius 3 is 2.77 bits per heavy atom. The number of amides is 1. The van der Waals surface area contributed by atoms with Crippen LogP contribution in [0.2, 0.25) is 0 Å². The molecule has 1 unspecified atom stereocenters. The van der Waals surface area contributed by atoms with Gasteiger partial charge in [-0.3, -0.25) is 9.69 Å². The second kappa shape index (κ2) is 7.60. The molecule has 1 aromatic heterocycles. The molecule has 6 heteroatoms. The first-order valence-electron chi connectivity index (χ1n) is 9.09. The van der Waals surface area contributed by atoms with E-state index in [1.165, 1.54) is 6.20 Å². The number of carbonyl (C=O) groups excluding carboxylic acids is 1. The highest BCUT2D eigenvalue weighted by Crippen LogP contribution is 2.33. The van der Waals surface area contributed by atoms with Crippen molar-refractivity contribution >= 4 is 22.4 Å². The van der Waals surface area contributed by atoms with E-state index in [1.807, 2.05) is 42.8 Å². The fourth-order valence-corrected chi connectivity index (χ4v) is 3.84. The molecule has 1 aliphatic heterocycles. The lowest BCUT2D eigenvalue weighted by Gasteiger charge is -2.37. The summed E-state index contributed by atoms with van der Waals surface area (Å²) in [5, 5.41) is 10.4. The average molecular weight is 359 g/mol. The summed E-state index contributed by atoms with van der Waals surface area (Å²) >= 11 is 0. The van der Waals surface area contributed by atoms with Gasteiger partial charge in [-0.15, -0.1) is 0 Å². The third kappa shape index (κ3) is 3.15. The van der Waals surface area contributed by atoms with Crippen LogP contribution in [0.15, 0.2) is 30.5 Å². The second-order valence-electron chi connectivity index (χ2n) is 6.74. The minimum atomic E-state index is -0.303. The van der Waals surface area contributed by atoms with Crippen LogP contribution >= 0.6 is 0 Å². The number of benzene rings is 1. The van der Waals surface area contributed by atoms with Gasteiger partial charge in [-0.05, 0) is 32.5 Å². The Balaban J connectivity index is 2.09. The minimum absolute atomic E-state index is 0.0614. The number of H-pyrrole nitrogens is 1. The maximum atomic E-state index is 14.0. The number of rotatable bonds is 5. The van der Waals surface area contributed by atoms with Crippen molar-refractivity contribution in [3.63, 3.8) is 0 Å². The highest BCUT2D eigenvalue weighted by molar-refractivity contribution is 5.94. The third-order valence-electron chi connectivity index (χ3n) is 5.30. The molecule has 0 spiro atoms. The molecule has 2 atom stereocenters. The summed E-state index contributed by atoms with van der Waals surface area (Å²) in [4.78, 5) is 19.7. The van der Waals surface area contributed by atoms with Crippen LogP contribution in [0, 0.1) is 11.7 Å². The maximum Gasteiger partial charge on any atom is 0.230 e. The van der Waals surface area contributed by atoms with Gasteiger partial charge in [0.25, 0.3) is 0 Å². The molecule has 5 nitrogen and oxygen atoms in total. The number of fused-ring (bicyclic) bond motifs is 1. The van der Waals surface area contributed by atoms with E-state index in [0.29, 0.717) is 30.5 Å². The van der Waals surface area contributed by atoms with Crippen molar-refractivity contribution in [1.82, 2.24) is 14.8 Å². The van der Waals surface area contributed by atoms with Gasteiger partial charge in [0.05, 0.1) is 24.1 Å². The van der Waals surface area contributed by atoms with Crippen molar-refractivity contribution < 1.29 is 14.3 Å². The number of aromatic nitrogens is 1. The molecule has 1 aliphatic rings. The first-order chi connectivity index (χ1) is 12.5. The summed E-state index contributed by atoms with van der Waals surface area (Å²) in [5.41, 5.74) is 2.38. The van der Waals surface area contributed by atoms with Crippen LogP contribution in [-0.4, -0.2) is 65.1 Å². The minimum Gasteiger partial charge on any atom is -0.394 e. The molecular formula is C20H26FN3O2. The Hall–Kier alpha value is -2.18. The van der Waals surface area contributed by atoms with Gasteiger partial charge < -0.3 is 15.0 Å². The lowest BCUT2D eigenvalue weighted by molar-refractivity contribution is -0.134. The molecule has 2 aromatic rings. The van der Waals surface area contributed by atoms with Crippen molar-refractivity contribution in [3.8, 4) is 0 Å². The molecule has 1 aromatic carbocycles. The summed E-state index contributed by atoms with van der Waals surface area (Å²) in [6.07, 6.45) is 3.29. The largest absolute Gasteiger partial charge is 0.394 e. The normalized spacial score (nSPS) is 21.0. The molecule has 0 aliphatic carbocycles. The van der Waals surface area contributed by atoms with Gasteiger partial charge in [0.2, 0.25) is 5.91 Å². The van der Waals surface area contributed by atoms with Crippen LogP contribution in [0.1, 0.15) is 19.4 Å². The number of para-hydroxylation sites is 1. The number of hydrogen-bond acceptors (Lipinski definition) is 3. The molecule has 0 saturated heterocycles. The Bertz CT molecular complexity index is 826. The number of aliphatic hydroxyl groups is 1. The van der Waals surface area contributed by atoms with E-state index in [4.69, 9.17) is 0 Å². The van der Waals surface area contributed by atoms with Crippen molar-refractivity contribution in [3.05, 3.63) is 41.9 Å². The van der Waals surface area contributed by atoms with E-state index < -0.39 is 0 Å². The lowest BCUT2D eigenvalue weighted by Crippen LogP contribution is -2.47. The van der Waals surface area contributed by atoms with E-state index in [2.05, 4.69) is 4.98 Å². The predicted molar refractivity (Wildman–Crippen MR) is 101 cm³/mol. The number of nitrogens with zero attached hydrogens (tertiary/aromatic N) is 2. The van der Waals surface area contributed by atoms with Crippen LogP contribution in [-0.2, 0) is 4.79 Å². The average Bonchev–Trinajstić information content (AvgIpc) is 3.03. The quantitative estimate of drug-likeness (QED) is 0.862. The molecule has 0 saturated carbocycles.